The fraction of sp³-hybridized carbons (Fsp3) is 0.615. The van der Waals surface area contributed by atoms with Gasteiger partial charge in [-0.3, -0.25) is 4.79 Å². The standard InChI is InChI=1S/C13H16F3NO3/c1-8(20-7-13(14,15)16)12(18)17-10-3-2-4-11-9(10)5-6-19-11/h5-6,8,10H,2-4,7H2,1H3,(H,17,18)/t8-,10-/m0/s1. The number of carbonyl (C=O) groups is 1. The molecule has 2 atom stereocenters. The molecule has 0 aromatic carbocycles. The molecule has 4 nitrogen and oxygen atoms in total. The molecule has 20 heavy (non-hydrogen) atoms. The van der Waals surface area contributed by atoms with Crippen molar-refractivity contribution >= 4 is 5.91 Å². The topological polar surface area (TPSA) is 51.5 Å². The van der Waals surface area contributed by atoms with Crippen LogP contribution in [-0.4, -0.2) is 24.8 Å². The summed E-state index contributed by atoms with van der Waals surface area (Å²) in [4.78, 5) is 11.8. The lowest BCUT2D eigenvalue weighted by molar-refractivity contribution is -0.185. The molecule has 2 rings (SSSR count). The zero-order valence-corrected chi connectivity index (χ0v) is 11.0. The van der Waals surface area contributed by atoms with Crippen molar-refractivity contribution in [1.82, 2.24) is 5.32 Å². The predicted molar refractivity (Wildman–Crippen MR) is 64.0 cm³/mol. The minimum Gasteiger partial charge on any atom is -0.469 e. The Hall–Kier alpha value is -1.50. The summed E-state index contributed by atoms with van der Waals surface area (Å²) in [7, 11) is 0. The van der Waals surface area contributed by atoms with E-state index in [9.17, 15) is 18.0 Å². The van der Waals surface area contributed by atoms with Gasteiger partial charge in [0.25, 0.3) is 0 Å². The first-order valence-corrected chi connectivity index (χ1v) is 6.42. The molecule has 0 fully saturated rings. The van der Waals surface area contributed by atoms with Crippen molar-refractivity contribution in [2.45, 2.75) is 44.5 Å². The molecular weight excluding hydrogens is 275 g/mol. The van der Waals surface area contributed by atoms with Crippen LogP contribution in [0.25, 0.3) is 0 Å². The Morgan fingerprint density at radius 3 is 3.05 bits per heavy atom. The minimum absolute atomic E-state index is 0.220. The van der Waals surface area contributed by atoms with Gasteiger partial charge in [-0.15, -0.1) is 0 Å². The second-order valence-electron chi connectivity index (χ2n) is 4.82. The maximum Gasteiger partial charge on any atom is 0.411 e. The first kappa shape index (κ1) is 14.9. The number of furan rings is 1. The Bertz CT molecular complexity index is 470. The normalized spacial score (nSPS) is 20.3. The van der Waals surface area contributed by atoms with E-state index < -0.39 is 24.8 Å². The number of amides is 1. The van der Waals surface area contributed by atoms with Gasteiger partial charge in [0.15, 0.2) is 0 Å². The molecule has 0 radical (unpaired) electrons. The van der Waals surface area contributed by atoms with E-state index >= 15 is 0 Å². The Morgan fingerprint density at radius 1 is 1.60 bits per heavy atom. The Morgan fingerprint density at radius 2 is 2.35 bits per heavy atom. The molecule has 0 bridgehead atoms. The van der Waals surface area contributed by atoms with Crippen LogP contribution in [0.5, 0.6) is 0 Å². The first-order valence-electron chi connectivity index (χ1n) is 6.42. The van der Waals surface area contributed by atoms with Gasteiger partial charge in [0.1, 0.15) is 18.5 Å². The molecular formula is C13H16F3NO3. The van der Waals surface area contributed by atoms with Gasteiger partial charge in [-0.05, 0) is 25.8 Å². The third-order valence-electron chi connectivity index (χ3n) is 3.23. The van der Waals surface area contributed by atoms with Crippen LogP contribution >= 0.6 is 0 Å². The number of aryl methyl sites for hydroxylation is 1. The number of carbonyl (C=O) groups excluding carboxylic acids is 1. The number of alkyl halides is 3. The molecule has 0 aliphatic heterocycles. The number of nitrogens with one attached hydrogen (secondary N) is 1. The maximum absolute atomic E-state index is 12.0. The van der Waals surface area contributed by atoms with E-state index in [4.69, 9.17) is 4.42 Å². The Balaban J connectivity index is 1.89. The molecule has 112 valence electrons. The summed E-state index contributed by atoms with van der Waals surface area (Å²) in [6, 6.07) is 1.56. The van der Waals surface area contributed by atoms with Crippen molar-refractivity contribution in [2.75, 3.05) is 6.61 Å². The lowest BCUT2D eigenvalue weighted by Crippen LogP contribution is -2.39. The summed E-state index contributed by atoms with van der Waals surface area (Å²) < 4.78 is 45.9. The second-order valence-corrected chi connectivity index (χ2v) is 4.82. The highest BCUT2D eigenvalue weighted by Crippen LogP contribution is 2.30. The zero-order valence-electron chi connectivity index (χ0n) is 11.0. The molecule has 1 aliphatic rings. The van der Waals surface area contributed by atoms with Crippen LogP contribution in [0.2, 0.25) is 0 Å². The molecule has 1 heterocycles. The van der Waals surface area contributed by atoms with Crippen LogP contribution in [0.3, 0.4) is 0 Å². The van der Waals surface area contributed by atoms with E-state index in [0.717, 1.165) is 30.6 Å². The van der Waals surface area contributed by atoms with E-state index in [2.05, 4.69) is 10.1 Å². The molecule has 0 saturated carbocycles. The summed E-state index contributed by atoms with van der Waals surface area (Å²) >= 11 is 0. The largest absolute Gasteiger partial charge is 0.469 e. The summed E-state index contributed by atoms with van der Waals surface area (Å²) in [5, 5.41) is 2.71. The Kier molecular flexibility index (Phi) is 4.37. The molecule has 1 aromatic rings. The van der Waals surface area contributed by atoms with E-state index in [-0.39, 0.29) is 6.04 Å². The predicted octanol–water partition coefficient (Wildman–Crippen LogP) is 2.74. The first-order chi connectivity index (χ1) is 9.37. The summed E-state index contributed by atoms with van der Waals surface area (Å²) in [6.45, 7) is -0.122. The SMILES string of the molecule is C[C@H](OCC(F)(F)F)C(=O)N[C@H]1CCCc2occc21. The van der Waals surface area contributed by atoms with Crippen molar-refractivity contribution in [2.24, 2.45) is 0 Å². The van der Waals surface area contributed by atoms with Crippen LogP contribution < -0.4 is 5.32 Å². The van der Waals surface area contributed by atoms with E-state index in [0.29, 0.717) is 0 Å². The highest BCUT2D eigenvalue weighted by Gasteiger charge is 2.31. The zero-order chi connectivity index (χ0) is 14.8. The van der Waals surface area contributed by atoms with Crippen molar-refractivity contribution in [3.63, 3.8) is 0 Å². The maximum atomic E-state index is 12.0. The number of hydrogen-bond acceptors (Lipinski definition) is 3. The van der Waals surface area contributed by atoms with Crippen molar-refractivity contribution < 1.29 is 27.1 Å². The second kappa shape index (κ2) is 5.87. The average Bonchev–Trinajstić information content (AvgIpc) is 2.84. The monoisotopic (exact) mass is 291 g/mol. The van der Waals surface area contributed by atoms with Gasteiger partial charge in [0.2, 0.25) is 5.91 Å². The van der Waals surface area contributed by atoms with Crippen molar-refractivity contribution in [3.05, 3.63) is 23.7 Å². The van der Waals surface area contributed by atoms with Crippen molar-refractivity contribution in [3.8, 4) is 0 Å². The molecule has 1 N–H and O–H groups in total. The van der Waals surface area contributed by atoms with E-state index in [1.165, 1.54) is 6.92 Å². The number of halogens is 3. The summed E-state index contributed by atoms with van der Waals surface area (Å²) in [5.41, 5.74) is 0.896. The lowest BCUT2D eigenvalue weighted by atomic mass is 9.93. The van der Waals surface area contributed by atoms with Gasteiger partial charge in [-0.25, -0.2) is 0 Å². The third-order valence-corrected chi connectivity index (χ3v) is 3.23. The fourth-order valence-electron chi connectivity index (χ4n) is 2.22. The quantitative estimate of drug-likeness (QED) is 0.928. The minimum atomic E-state index is -4.43. The molecule has 0 spiro atoms. The fourth-order valence-corrected chi connectivity index (χ4v) is 2.22. The number of hydrogen-bond donors (Lipinski definition) is 1. The Labute approximate surface area is 114 Å². The highest BCUT2D eigenvalue weighted by atomic mass is 19.4. The number of rotatable bonds is 4. The van der Waals surface area contributed by atoms with E-state index in [1.807, 2.05) is 0 Å². The summed E-state index contributed by atoms with van der Waals surface area (Å²) in [5.74, 6) is 0.277. The van der Waals surface area contributed by atoms with Gasteiger partial charge in [-0.1, -0.05) is 0 Å². The number of fused-ring (bicyclic) bond motifs is 1. The van der Waals surface area contributed by atoms with Crippen LogP contribution in [0.15, 0.2) is 16.7 Å². The third kappa shape index (κ3) is 3.75. The van der Waals surface area contributed by atoms with Crippen LogP contribution in [0.4, 0.5) is 13.2 Å². The molecule has 1 aromatic heterocycles. The molecule has 0 unspecified atom stereocenters. The van der Waals surface area contributed by atoms with Crippen LogP contribution in [0, 0.1) is 0 Å². The summed E-state index contributed by atoms with van der Waals surface area (Å²) in [6.07, 6.45) is -1.60. The van der Waals surface area contributed by atoms with Gasteiger partial charge in [0, 0.05) is 12.0 Å². The van der Waals surface area contributed by atoms with Crippen LogP contribution in [-0.2, 0) is 16.0 Å². The number of ether oxygens (including phenoxy) is 1. The lowest BCUT2D eigenvalue weighted by Gasteiger charge is -2.24. The average molecular weight is 291 g/mol. The molecule has 0 saturated heterocycles. The smallest absolute Gasteiger partial charge is 0.411 e. The van der Waals surface area contributed by atoms with Crippen LogP contribution in [0.1, 0.15) is 37.1 Å². The van der Waals surface area contributed by atoms with Gasteiger partial charge < -0.3 is 14.5 Å². The molecule has 7 heteroatoms. The molecule has 1 aliphatic carbocycles. The van der Waals surface area contributed by atoms with Gasteiger partial charge in [0.05, 0.1) is 12.3 Å². The molecule has 1 amide bonds. The van der Waals surface area contributed by atoms with E-state index in [1.54, 1.807) is 12.3 Å². The van der Waals surface area contributed by atoms with Gasteiger partial charge >= 0.3 is 6.18 Å². The van der Waals surface area contributed by atoms with Gasteiger partial charge in [-0.2, -0.15) is 13.2 Å². The highest BCUT2D eigenvalue weighted by molar-refractivity contribution is 5.80. The van der Waals surface area contributed by atoms with Crippen molar-refractivity contribution in [1.29, 1.82) is 0 Å².